The summed E-state index contributed by atoms with van der Waals surface area (Å²) in [4.78, 5) is 12.0. The maximum atomic E-state index is 12.0. The van der Waals surface area contributed by atoms with E-state index in [9.17, 15) is 4.79 Å². The maximum absolute atomic E-state index is 12.0. The zero-order chi connectivity index (χ0) is 14.8. The van der Waals surface area contributed by atoms with E-state index < -0.39 is 0 Å². The third-order valence-corrected chi connectivity index (χ3v) is 4.06. The second kappa shape index (κ2) is 7.40. The van der Waals surface area contributed by atoms with Crippen LogP contribution < -0.4 is 20.5 Å². The standard InChI is InChI=1S/C15H19ClN2O3.ClH/c16-11-5-9(6-13-15(11)21-4-3-20-13)7-14(19)18-8-12(17)10-1-2-10;/h5-6,10,12H,1-4,7-8,17H2,(H,18,19);1H. The lowest BCUT2D eigenvalue weighted by Gasteiger charge is -2.20. The summed E-state index contributed by atoms with van der Waals surface area (Å²) in [5.41, 5.74) is 6.77. The molecule has 1 aromatic rings. The molecule has 3 N–H and O–H groups in total. The molecule has 122 valence electrons. The normalized spacial score (nSPS) is 17.4. The minimum absolute atomic E-state index is 0. The molecule has 1 saturated carbocycles. The van der Waals surface area contributed by atoms with E-state index in [1.165, 1.54) is 12.8 Å². The van der Waals surface area contributed by atoms with Crippen LogP contribution in [-0.4, -0.2) is 31.7 Å². The van der Waals surface area contributed by atoms with E-state index in [0.29, 0.717) is 42.2 Å². The van der Waals surface area contributed by atoms with E-state index in [4.69, 9.17) is 26.8 Å². The highest BCUT2D eigenvalue weighted by Gasteiger charge is 2.28. The van der Waals surface area contributed by atoms with Crippen molar-refractivity contribution >= 4 is 29.9 Å². The third kappa shape index (κ3) is 4.18. The zero-order valence-electron chi connectivity index (χ0n) is 12.1. The van der Waals surface area contributed by atoms with Gasteiger partial charge in [-0.3, -0.25) is 4.79 Å². The molecule has 0 spiro atoms. The Labute approximate surface area is 140 Å². The Morgan fingerprint density at radius 1 is 1.36 bits per heavy atom. The Morgan fingerprint density at radius 3 is 2.82 bits per heavy atom. The number of ether oxygens (including phenoxy) is 2. The SMILES string of the molecule is Cl.NC(CNC(=O)Cc1cc(Cl)c2c(c1)OCCO2)C1CC1. The second-order valence-corrected chi connectivity index (χ2v) is 5.99. The van der Waals surface area contributed by atoms with Gasteiger partial charge in [0.25, 0.3) is 0 Å². The van der Waals surface area contributed by atoms with Crippen molar-refractivity contribution < 1.29 is 14.3 Å². The van der Waals surface area contributed by atoms with Crippen molar-refractivity contribution in [2.45, 2.75) is 25.3 Å². The molecule has 1 atom stereocenters. The average Bonchev–Trinajstić information content (AvgIpc) is 3.29. The molecule has 0 bridgehead atoms. The molecule has 1 heterocycles. The first-order valence-corrected chi connectivity index (χ1v) is 7.61. The number of benzene rings is 1. The summed E-state index contributed by atoms with van der Waals surface area (Å²) < 4.78 is 11.0. The molecule has 5 nitrogen and oxygen atoms in total. The summed E-state index contributed by atoms with van der Waals surface area (Å²) in [6, 6.07) is 3.62. The van der Waals surface area contributed by atoms with Gasteiger partial charge in [0.2, 0.25) is 5.91 Å². The Kier molecular flexibility index (Phi) is 5.78. The lowest BCUT2D eigenvalue weighted by Crippen LogP contribution is -2.39. The van der Waals surface area contributed by atoms with Gasteiger partial charge in [0.15, 0.2) is 11.5 Å². The van der Waals surface area contributed by atoms with Gasteiger partial charge < -0.3 is 20.5 Å². The number of nitrogens with one attached hydrogen (secondary N) is 1. The van der Waals surface area contributed by atoms with Crippen molar-refractivity contribution in [2.24, 2.45) is 11.7 Å². The first-order chi connectivity index (χ1) is 10.1. The fourth-order valence-corrected chi connectivity index (χ4v) is 2.72. The highest BCUT2D eigenvalue weighted by Crippen LogP contribution is 2.38. The van der Waals surface area contributed by atoms with E-state index in [0.717, 1.165) is 5.56 Å². The third-order valence-electron chi connectivity index (χ3n) is 3.78. The fourth-order valence-electron chi connectivity index (χ4n) is 2.44. The van der Waals surface area contributed by atoms with Crippen molar-refractivity contribution in [3.8, 4) is 11.5 Å². The molecule has 1 amide bonds. The van der Waals surface area contributed by atoms with Crippen molar-refractivity contribution in [2.75, 3.05) is 19.8 Å². The molecule has 1 fully saturated rings. The zero-order valence-corrected chi connectivity index (χ0v) is 13.7. The molecule has 1 aliphatic carbocycles. The Balaban J connectivity index is 0.00000176. The molecule has 0 aromatic heterocycles. The van der Waals surface area contributed by atoms with Crippen LogP contribution in [0.5, 0.6) is 11.5 Å². The van der Waals surface area contributed by atoms with Gasteiger partial charge in [-0.1, -0.05) is 11.6 Å². The molecule has 1 unspecified atom stereocenters. The Morgan fingerprint density at radius 2 is 2.09 bits per heavy atom. The number of rotatable bonds is 5. The number of carbonyl (C=O) groups is 1. The number of carbonyl (C=O) groups excluding carboxylic acids is 1. The van der Waals surface area contributed by atoms with Crippen LogP contribution in [0.15, 0.2) is 12.1 Å². The summed E-state index contributed by atoms with van der Waals surface area (Å²) in [6.45, 7) is 1.52. The molecule has 7 heteroatoms. The van der Waals surface area contributed by atoms with Crippen LogP contribution in [0.3, 0.4) is 0 Å². The predicted octanol–water partition coefficient (Wildman–Crippen LogP) is 1.93. The van der Waals surface area contributed by atoms with Gasteiger partial charge in [-0.15, -0.1) is 12.4 Å². The van der Waals surface area contributed by atoms with Crippen molar-refractivity contribution in [3.05, 3.63) is 22.7 Å². The Bertz CT molecular complexity index is 550. The van der Waals surface area contributed by atoms with Gasteiger partial charge in [-0.25, -0.2) is 0 Å². The second-order valence-electron chi connectivity index (χ2n) is 5.58. The number of amides is 1. The highest BCUT2D eigenvalue weighted by molar-refractivity contribution is 6.32. The van der Waals surface area contributed by atoms with Crippen LogP contribution in [-0.2, 0) is 11.2 Å². The fraction of sp³-hybridized carbons (Fsp3) is 0.533. The van der Waals surface area contributed by atoms with Crippen LogP contribution >= 0.6 is 24.0 Å². The van der Waals surface area contributed by atoms with Crippen LogP contribution in [0.2, 0.25) is 5.02 Å². The minimum Gasteiger partial charge on any atom is -0.486 e. The number of fused-ring (bicyclic) bond motifs is 1. The average molecular weight is 347 g/mol. The molecule has 2 aliphatic rings. The number of nitrogens with two attached hydrogens (primary N) is 1. The highest BCUT2D eigenvalue weighted by atomic mass is 35.5. The first-order valence-electron chi connectivity index (χ1n) is 7.24. The molecular weight excluding hydrogens is 327 g/mol. The van der Waals surface area contributed by atoms with Gasteiger partial charge in [-0.05, 0) is 36.5 Å². The number of hydrogen-bond donors (Lipinski definition) is 2. The smallest absolute Gasteiger partial charge is 0.224 e. The maximum Gasteiger partial charge on any atom is 0.224 e. The number of hydrogen-bond acceptors (Lipinski definition) is 4. The largest absolute Gasteiger partial charge is 0.486 e. The molecule has 1 aromatic carbocycles. The van der Waals surface area contributed by atoms with E-state index in [2.05, 4.69) is 5.32 Å². The summed E-state index contributed by atoms with van der Waals surface area (Å²) in [6.07, 6.45) is 2.61. The molecule has 1 aliphatic heterocycles. The lowest BCUT2D eigenvalue weighted by atomic mass is 10.1. The summed E-state index contributed by atoms with van der Waals surface area (Å²) >= 11 is 6.15. The van der Waals surface area contributed by atoms with E-state index in [1.807, 2.05) is 0 Å². The summed E-state index contributed by atoms with van der Waals surface area (Å²) in [5, 5.41) is 3.35. The van der Waals surface area contributed by atoms with Crippen LogP contribution in [0.4, 0.5) is 0 Å². The van der Waals surface area contributed by atoms with Crippen molar-refractivity contribution in [1.82, 2.24) is 5.32 Å². The van der Waals surface area contributed by atoms with E-state index >= 15 is 0 Å². The molecular formula is C15H20Cl2N2O3. The first kappa shape index (κ1) is 17.2. The number of halogens is 2. The van der Waals surface area contributed by atoms with Crippen molar-refractivity contribution in [1.29, 1.82) is 0 Å². The summed E-state index contributed by atoms with van der Waals surface area (Å²) in [7, 11) is 0. The van der Waals surface area contributed by atoms with E-state index in [1.54, 1.807) is 12.1 Å². The van der Waals surface area contributed by atoms with Gasteiger partial charge in [0, 0.05) is 12.6 Å². The molecule has 3 rings (SSSR count). The van der Waals surface area contributed by atoms with Gasteiger partial charge >= 0.3 is 0 Å². The lowest BCUT2D eigenvalue weighted by molar-refractivity contribution is -0.120. The monoisotopic (exact) mass is 346 g/mol. The van der Waals surface area contributed by atoms with Crippen molar-refractivity contribution in [3.63, 3.8) is 0 Å². The summed E-state index contributed by atoms with van der Waals surface area (Å²) in [5.74, 6) is 1.68. The predicted molar refractivity (Wildman–Crippen MR) is 87.1 cm³/mol. The van der Waals surface area contributed by atoms with E-state index in [-0.39, 0.29) is 30.8 Å². The minimum atomic E-state index is -0.0566. The topological polar surface area (TPSA) is 73.6 Å². The van der Waals surface area contributed by atoms with Gasteiger partial charge in [-0.2, -0.15) is 0 Å². The van der Waals surface area contributed by atoms with Crippen LogP contribution in [0.25, 0.3) is 0 Å². The molecule has 0 saturated heterocycles. The van der Waals surface area contributed by atoms with Gasteiger partial charge in [0.05, 0.1) is 11.4 Å². The molecule has 0 radical (unpaired) electrons. The van der Waals surface area contributed by atoms with Crippen LogP contribution in [0.1, 0.15) is 18.4 Å². The quantitative estimate of drug-likeness (QED) is 0.854. The van der Waals surface area contributed by atoms with Gasteiger partial charge in [0.1, 0.15) is 13.2 Å². The molecule has 22 heavy (non-hydrogen) atoms. The van der Waals surface area contributed by atoms with Crippen LogP contribution in [0, 0.1) is 5.92 Å². The Hall–Kier alpha value is -1.17.